The van der Waals surface area contributed by atoms with Gasteiger partial charge in [-0.3, -0.25) is 0 Å². The maximum Gasteiger partial charge on any atom is 0.433 e. The average Bonchev–Trinajstić information content (AvgIpc) is 2.34. The van der Waals surface area contributed by atoms with Crippen molar-refractivity contribution >= 4 is 0 Å². The van der Waals surface area contributed by atoms with Crippen molar-refractivity contribution in [2.45, 2.75) is 32.5 Å². The van der Waals surface area contributed by atoms with Crippen LogP contribution in [0, 0.1) is 17.3 Å². The highest BCUT2D eigenvalue weighted by Gasteiger charge is 2.54. The Morgan fingerprint density at radius 1 is 1.00 bits per heavy atom. The zero-order chi connectivity index (χ0) is 15.6. The van der Waals surface area contributed by atoms with Crippen molar-refractivity contribution in [1.82, 2.24) is 0 Å². The minimum absolute atomic E-state index is 0.331. The molecular weight excluding hydrogens is 269 g/mol. The fraction of sp³-hybridized carbons (Fsp3) is 0.467. The van der Waals surface area contributed by atoms with Gasteiger partial charge in [-0.05, 0) is 32.9 Å². The van der Waals surface area contributed by atoms with Crippen LogP contribution in [0.15, 0.2) is 24.3 Å². The number of aliphatic hydroxyl groups is 1. The summed E-state index contributed by atoms with van der Waals surface area (Å²) in [7, 11) is 1.41. The summed E-state index contributed by atoms with van der Waals surface area (Å²) in [5.74, 6) is 4.82. The van der Waals surface area contributed by atoms with Crippen LogP contribution >= 0.6 is 0 Å². The number of rotatable bonds is 2. The second-order valence-electron chi connectivity index (χ2n) is 5.44. The quantitative estimate of drug-likeness (QED) is 0.843. The summed E-state index contributed by atoms with van der Waals surface area (Å²) in [6.45, 7) is 5.01. The Hall–Kier alpha value is -1.67. The van der Waals surface area contributed by atoms with E-state index in [2.05, 4.69) is 5.92 Å². The standard InChI is InChI=1S/C15H17F3O2/c1-13(2,3)9-10-14(19,15(16,17)18)11-5-7-12(20-4)8-6-11/h5-8,19H,1-4H3/t14-/m0/s1. The van der Waals surface area contributed by atoms with E-state index in [0.717, 1.165) is 12.1 Å². The predicted octanol–water partition coefficient (Wildman–Crippen LogP) is 3.49. The number of ether oxygens (including phenoxy) is 1. The molecule has 1 aromatic carbocycles. The smallest absolute Gasteiger partial charge is 0.433 e. The SMILES string of the molecule is COc1ccc([C@@](O)(C#CC(C)(C)C)C(F)(F)F)cc1. The van der Waals surface area contributed by atoms with Crippen molar-refractivity contribution in [2.24, 2.45) is 5.41 Å². The van der Waals surface area contributed by atoms with E-state index in [1.165, 1.54) is 19.2 Å². The third-order valence-electron chi connectivity index (χ3n) is 2.54. The van der Waals surface area contributed by atoms with Gasteiger partial charge in [0, 0.05) is 11.0 Å². The van der Waals surface area contributed by atoms with Gasteiger partial charge < -0.3 is 9.84 Å². The largest absolute Gasteiger partial charge is 0.497 e. The minimum atomic E-state index is -4.89. The molecule has 1 aromatic rings. The van der Waals surface area contributed by atoms with E-state index in [4.69, 9.17) is 4.74 Å². The molecule has 20 heavy (non-hydrogen) atoms. The van der Waals surface area contributed by atoms with Crippen molar-refractivity contribution in [2.75, 3.05) is 7.11 Å². The zero-order valence-corrected chi connectivity index (χ0v) is 11.8. The first-order valence-electron chi connectivity index (χ1n) is 5.97. The van der Waals surface area contributed by atoms with Crippen molar-refractivity contribution in [3.05, 3.63) is 29.8 Å². The maximum atomic E-state index is 13.2. The second kappa shape index (κ2) is 5.37. The fourth-order valence-corrected chi connectivity index (χ4v) is 1.42. The van der Waals surface area contributed by atoms with Gasteiger partial charge in [0.2, 0.25) is 5.60 Å². The molecule has 0 aliphatic carbocycles. The highest BCUT2D eigenvalue weighted by Crippen LogP contribution is 2.39. The van der Waals surface area contributed by atoms with Gasteiger partial charge in [-0.1, -0.05) is 24.0 Å². The molecule has 2 nitrogen and oxygen atoms in total. The van der Waals surface area contributed by atoms with Gasteiger partial charge in [0.1, 0.15) is 5.75 Å². The number of hydrogen-bond acceptors (Lipinski definition) is 2. The molecule has 0 spiro atoms. The normalized spacial score (nSPS) is 15.0. The molecule has 0 bridgehead atoms. The van der Waals surface area contributed by atoms with Crippen molar-refractivity contribution in [1.29, 1.82) is 0 Å². The van der Waals surface area contributed by atoms with E-state index in [1.807, 2.05) is 5.92 Å². The number of alkyl halides is 3. The Morgan fingerprint density at radius 2 is 1.50 bits per heavy atom. The molecule has 5 heteroatoms. The highest BCUT2D eigenvalue weighted by atomic mass is 19.4. The summed E-state index contributed by atoms with van der Waals surface area (Å²) in [5, 5.41) is 10.0. The summed E-state index contributed by atoms with van der Waals surface area (Å²) in [6, 6.07) is 5.02. The van der Waals surface area contributed by atoms with Gasteiger partial charge in [-0.25, -0.2) is 0 Å². The molecular formula is C15H17F3O2. The molecule has 0 aliphatic heterocycles. The Bertz CT molecular complexity index is 515. The summed E-state index contributed by atoms with van der Waals surface area (Å²) >= 11 is 0. The lowest BCUT2D eigenvalue weighted by Gasteiger charge is -2.26. The van der Waals surface area contributed by atoms with E-state index in [1.54, 1.807) is 20.8 Å². The lowest BCUT2D eigenvalue weighted by atomic mass is 9.90. The van der Waals surface area contributed by atoms with Crippen molar-refractivity contribution in [3.63, 3.8) is 0 Å². The molecule has 0 unspecified atom stereocenters. The van der Waals surface area contributed by atoms with Gasteiger partial charge in [0.05, 0.1) is 7.11 Å². The monoisotopic (exact) mass is 286 g/mol. The van der Waals surface area contributed by atoms with Crippen LogP contribution in [0.1, 0.15) is 26.3 Å². The number of benzene rings is 1. The van der Waals surface area contributed by atoms with Crippen LogP contribution in [-0.4, -0.2) is 18.4 Å². The van der Waals surface area contributed by atoms with E-state index in [9.17, 15) is 18.3 Å². The topological polar surface area (TPSA) is 29.5 Å². The molecule has 0 aromatic heterocycles. The maximum absolute atomic E-state index is 13.2. The lowest BCUT2D eigenvalue weighted by molar-refractivity contribution is -0.240. The summed E-state index contributed by atoms with van der Waals surface area (Å²) in [5.41, 5.74) is -4.17. The first kappa shape index (κ1) is 16.4. The van der Waals surface area contributed by atoms with Crippen LogP contribution in [-0.2, 0) is 5.60 Å². The van der Waals surface area contributed by atoms with Crippen LogP contribution in [0.25, 0.3) is 0 Å². The van der Waals surface area contributed by atoms with Gasteiger partial charge in [-0.2, -0.15) is 13.2 Å². The van der Waals surface area contributed by atoms with Gasteiger partial charge in [-0.15, -0.1) is 0 Å². The van der Waals surface area contributed by atoms with Crippen LogP contribution < -0.4 is 4.74 Å². The van der Waals surface area contributed by atoms with Gasteiger partial charge >= 0.3 is 6.18 Å². The fourth-order valence-electron chi connectivity index (χ4n) is 1.42. The number of halogens is 3. The van der Waals surface area contributed by atoms with Crippen LogP contribution in [0.2, 0.25) is 0 Å². The molecule has 1 rings (SSSR count). The van der Waals surface area contributed by atoms with Gasteiger partial charge in [0.25, 0.3) is 0 Å². The highest BCUT2D eigenvalue weighted by molar-refractivity contribution is 5.38. The Balaban J connectivity index is 3.34. The second-order valence-corrected chi connectivity index (χ2v) is 5.44. The van der Waals surface area contributed by atoms with Crippen molar-refractivity contribution in [3.8, 4) is 17.6 Å². The molecule has 0 fully saturated rings. The molecule has 0 saturated heterocycles. The first-order chi connectivity index (χ1) is 8.99. The third kappa shape index (κ3) is 3.67. The van der Waals surface area contributed by atoms with Crippen LogP contribution in [0.5, 0.6) is 5.75 Å². The van der Waals surface area contributed by atoms with Crippen molar-refractivity contribution < 1.29 is 23.0 Å². The van der Waals surface area contributed by atoms with E-state index >= 15 is 0 Å². The molecule has 110 valence electrons. The summed E-state index contributed by atoms with van der Waals surface area (Å²) in [6.07, 6.45) is -4.89. The molecule has 0 radical (unpaired) electrons. The number of methoxy groups -OCH3 is 1. The number of hydrogen-bond donors (Lipinski definition) is 1. The average molecular weight is 286 g/mol. The van der Waals surface area contributed by atoms with Gasteiger partial charge in [0.15, 0.2) is 0 Å². The Labute approximate surface area is 116 Å². The van der Waals surface area contributed by atoms with Crippen LogP contribution in [0.4, 0.5) is 13.2 Å². The molecule has 1 N–H and O–H groups in total. The van der Waals surface area contributed by atoms with E-state index < -0.39 is 17.2 Å². The first-order valence-corrected chi connectivity index (χ1v) is 5.97. The Kier molecular flexibility index (Phi) is 4.40. The third-order valence-corrected chi connectivity index (χ3v) is 2.54. The molecule has 0 aliphatic rings. The predicted molar refractivity (Wildman–Crippen MR) is 70.2 cm³/mol. The molecule has 0 heterocycles. The summed E-state index contributed by atoms with van der Waals surface area (Å²) < 4.78 is 44.4. The van der Waals surface area contributed by atoms with E-state index in [0.29, 0.717) is 5.75 Å². The minimum Gasteiger partial charge on any atom is -0.497 e. The zero-order valence-electron chi connectivity index (χ0n) is 11.8. The lowest BCUT2D eigenvalue weighted by Crippen LogP contribution is -2.41. The molecule has 0 saturated carbocycles. The Morgan fingerprint density at radius 3 is 1.85 bits per heavy atom. The van der Waals surface area contributed by atoms with Crippen LogP contribution in [0.3, 0.4) is 0 Å². The summed E-state index contributed by atoms with van der Waals surface area (Å²) in [4.78, 5) is 0. The molecule has 0 amide bonds. The van der Waals surface area contributed by atoms with E-state index in [-0.39, 0.29) is 5.56 Å². The molecule has 1 atom stereocenters.